The zero-order valence-corrected chi connectivity index (χ0v) is 25.0. The molecule has 0 amide bonds. The Kier molecular flexibility index (Phi) is 17.5. The summed E-state index contributed by atoms with van der Waals surface area (Å²) in [6, 6.07) is 5.84. The zero-order chi connectivity index (χ0) is 28.1. The SMILES string of the molecule is CN(C)CCN(C)C.O=C(/C=C(/O)C(F)(F)F)c1cccs1.O=C(/C=C(\O)C(F)(F)F)c1cccs1.[Zn]. The number of halogens is 6. The molecule has 0 radical (unpaired) electrons. The van der Waals surface area contributed by atoms with E-state index in [-0.39, 0.29) is 41.4 Å². The maximum atomic E-state index is 11.8. The predicted molar refractivity (Wildman–Crippen MR) is 128 cm³/mol. The maximum Gasteiger partial charge on any atom is 0.448 e. The summed E-state index contributed by atoms with van der Waals surface area (Å²) in [5, 5.41) is 20.1. The number of nitrogens with zero attached hydrogens (tertiary/aromatic N) is 2. The van der Waals surface area contributed by atoms with Crippen molar-refractivity contribution in [3.05, 3.63) is 68.5 Å². The van der Waals surface area contributed by atoms with Crippen LogP contribution < -0.4 is 0 Å². The molecule has 0 aliphatic heterocycles. The van der Waals surface area contributed by atoms with Crippen LogP contribution >= 0.6 is 22.7 Å². The van der Waals surface area contributed by atoms with E-state index in [0.29, 0.717) is 0 Å². The third kappa shape index (κ3) is 17.1. The summed E-state index contributed by atoms with van der Waals surface area (Å²) >= 11 is 2.02. The number of allylic oxidation sites excluding steroid dienone is 4. The summed E-state index contributed by atoms with van der Waals surface area (Å²) in [5.41, 5.74) is 0. The van der Waals surface area contributed by atoms with Crippen LogP contribution in [-0.4, -0.2) is 85.2 Å². The van der Waals surface area contributed by atoms with Crippen LogP contribution in [0.5, 0.6) is 0 Å². The molecule has 2 rings (SSSR count). The Balaban J connectivity index is 0. The number of ketones is 2. The third-order valence-corrected chi connectivity index (χ3v) is 5.41. The van der Waals surface area contributed by atoms with Crippen molar-refractivity contribution in [2.45, 2.75) is 12.4 Å². The van der Waals surface area contributed by atoms with Crippen LogP contribution in [0.25, 0.3) is 0 Å². The molecule has 2 N–H and O–H groups in total. The topological polar surface area (TPSA) is 81.1 Å². The van der Waals surface area contributed by atoms with Gasteiger partial charge in [-0.3, -0.25) is 9.59 Å². The molecule has 0 saturated heterocycles. The second-order valence-electron chi connectivity index (χ2n) is 7.34. The Bertz CT molecular complexity index is 908. The first kappa shape index (κ1) is 37.1. The minimum absolute atomic E-state index is 0. The maximum absolute atomic E-state index is 11.8. The van der Waals surface area contributed by atoms with Crippen LogP contribution in [0.1, 0.15) is 19.3 Å². The van der Waals surface area contributed by atoms with Crippen LogP contribution in [0.3, 0.4) is 0 Å². The van der Waals surface area contributed by atoms with Crippen LogP contribution in [0.15, 0.2) is 58.7 Å². The fourth-order valence-corrected chi connectivity index (χ4v) is 3.06. The van der Waals surface area contributed by atoms with Gasteiger partial charge >= 0.3 is 12.4 Å². The third-order valence-electron chi connectivity index (χ3n) is 3.64. The van der Waals surface area contributed by atoms with Crippen molar-refractivity contribution in [1.29, 1.82) is 0 Å². The number of aliphatic hydroxyl groups is 2. The van der Waals surface area contributed by atoms with E-state index in [1.807, 2.05) is 0 Å². The van der Waals surface area contributed by atoms with Crippen molar-refractivity contribution in [1.82, 2.24) is 9.80 Å². The minimum atomic E-state index is -4.87. The molecule has 0 saturated carbocycles. The van der Waals surface area contributed by atoms with Crippen molar-refractivity contribution < 1.29 is 65.6 Å². The molecule has 0 aliphatic rings. The number of rotatable bonds is 7. The number of likely N-dealkylation sites (N-methyl/N-ethyl adjacent to an activating group) is 2. The number of hydrogen-bond acceptors (Lipinski definition) is 8. The summed E-state index contributed by atoms with van der Waals surface area (Å²) in [4.78, 5) is 26.7. The van der Waals surface area contributed by atoms with Crippen molar-refractivity contribution in [3.8, 4) is 0 Å². The van der Waals surface area contributed by atoms with Crippen LogP contribution in [0.4, 0.5) is 26.3 Å². The molecular weight excluding hydrogens is 600 g/mol. The summed E-state index contributed by atoms with van der Waals surface area (Å²) in [6.07, 6.45) is -9.39. The molecule has 0 unspecified atom stereocenters. The average molecular weight is 626 g/mol. The van der Waals surface area contributed by atoms with Gasteiger partial charge in [-0.2, -0.15) is 26.3 Å². The first-order valence-electron chi connectivity index (χ1n) is 9.86. The molecule has 0 aliphatic carbocycles. The molecule has 0 aromatic carbocycles. The number of hydrogen-bond donors (Lipinski definition) is 2. The Labute approximate surface area is 231 Å². The number of aliphatic hydroxyl groups excluding tert-OH is 2. The first-order chi connectivity index (χ1) is 16.4. The van der Waals surface area contributed by atoms with Crippen molar-refractivity contribution in [2.24, 2.45) is 0 Å². The molecule has 15 heteroatoms. The Morgan fingerprint density at radius 2 is 1.05 bits per heavy atom. The first-order valence-corrected chi connectivity index (χ1v) is 11.6. The zero-order valence-electron chi connectivity index (χ0n) is 20.4. The van der Waals surface area contributed by atoms with Gasteiger partial charge in [-0.15, -0.1) is 22.7 Å². The molecular formula is C22H26F6N2O4S2Zn. The molecule has 0 atom stereocenters. The van der Waals surface area contributed by atoms with E-state index < -0.39 is 35.4 Å². The Hall–Kier alpha value is -2.06. The second kappa shape index (κ2) is 17.5. The van der Waals surface area contributed by atoms with E-state index in [1.165, 1.54) is 24.3 Å². The normalized spacial score (nSPS) is 12.2. The van der Waals surface area contributed by atoms with Gasteiger partial charge in [0, 0.05) is 44.7 Å². The van der Waals surface area contributed by atoms with Crippen molar-refractivity contribution in [3.63, 3.8) is 0 Å². The van der Waals surface area contributed by atoms with Gasteiger partial charge in [0.15, 0.2) is 11.6 Å². The molecule has 6 nitrogen and oxygen atoms in total. The quantitative estimate of drug-likeness (QED) is 0.130. The van der Waals surface area contributed by atoms with Gasteiger partial charge < -0.3 is 20.0 Å². The van der Waals surface area contributed by atoms with Gasteiger partial charge in [0.25, 0.3) is 0 Å². The van der Waals surface area contributed by atoms with Crippen molar-refractivity contribution in [2.75, 3.05) is 41.3 Å². The van der Waals surface area contributed by atoms with Gasteiger partial charge in [-0.05, 0) is 51.1 Å². The Morgan fingerprint density at radius 3 is 1.24 bits per heavy atom. The molecule has 2 aromatic heterocycles. The van der Waals surface area contributed by atoms with Crippen LogP contribution in [0, 0.1) is 0 Å². The van der Waals surface area contributed by atoms with Gasteiger partial charge in [0.1, 0.15) is 0 Å². The molecule has 2 aromatic rings. The monoisotopic (exact) mass is 624 g/mol. The van der Waals surface area contributed by atoms with E-state index in [0.717, 1.165) is 35.8 Å². The van der Waals surface area contributed by atoms with E-state index in [4.69, 9.17) is 10.2 Å². The van der Waals surface area contributed by atoms with Crippen molar-refractivity contribution >= 4 is 34.2 Å². The number of carbonyl (C=O) groups excluding carboxylic acids is 2. The number of carbonyl (C=O) groups is 2. The van der Waals surface area contributed by atoms with E-state index >= 15 is 0 Å². The van der Waals surface area contributed by atoms with E-state index in [1.54, 1.807) is 10.8 Å². The minimum Gasteiger partial charge on any atom is -0.504 e. The average Bonchev–Trinajstić information content (AvgIpc) is 3.46. The van der Waals surface area contributed by atoms with E-state index in [9.17, 15) is 35.9 Å². The van der Waals surface area contributed by atoms with E-state index in [2.05, 4.69) is 38.0 Å². The fraction of sp³-hybridized carbons (Fsp3) is 0.364. The van der Waals surface area contributed by atoms with Gasteiger partial charge in [0.05, 0.1) is 9.75 Å². The largest absolute Gasteiger partial charge is 0.504 e. The summed E-state index contributed by atoms with van der Waals surface area (Å²) < 4.78 is 70.7. The summed E-state index contributed by atoms with van der Waals surface area (Å²) in [5.74, 6) is -5.46. The number of thiophene rings is 2. The molecule has 0 spiro atoms. The molecule has 2 heterocycles. The van der Waals surface area contributed by atoms with Crippen LogP contribution in [-0.2, 0) is 19.5 Å². The smallest absolute Gasteiger partial charge is 0.448 e. The standard InChI is InChI=1S/2C8H5F3O2S.C6H16N2.Zn/c2*9-8(10,11)7(13)4-5(12)6-2-1-3-14-6;1-7(2)5-6-8(3)4;/h2*1-4,13H;5-6H2,1-4H3;/b7-4+;7-4-;;. The second-order valence-corrected chi connectivity index (χ2v) is 9.24. The summed E-state index contributed by atoms with van der Waals surface area (Å²) in [7, 11) is 8.35. The van der Waals surface area contributed by atoms with Gasteiger partial charge in [-0.1, -0.05) is 12.1 Å². The van der Waals surface area contributed by atoms with Crippen LogP contribution in [0.2, 0.25) is 0 Å². The fourth-order valence-electron chi connectivity index (χ4n) is 1.79. The number of alkyl halides is 6. The molecule has 0 fully saturated rings. The summed E-state index contributed by atoms with van der Waals surface area (Å²) in [6.45, 7) is 2.29. The molecule has 204 valence electrons. The molecule has 0 bridgehead atoms. The molecule has 37 heavy (non-hydrogen) atoms. The van der Waals surface area contributed by atoms with Gasteiger partial charge in [-0.25, -0.2) is 0 Å². The predicted octanol–water partition coefficient (Wildman–Crippen LogP) is 5.98. The Morgan fingerprint density at radius 1 is 0.757 bits per heavy atom. The van der Waals surface area contributed by atoms with Gasteiger partial charge in [0.2, 0.25) is 11.5 Å².